The standard InChI is InChI=1S/C13H20BrN3S/c1-10(13-6-11(14)9-18-13)16-2-4-17(5-3-16)12-7-15-8-12/h6,9-10,12,15H,2-5,7-8H2,1H3. The van der Waals surface area contributed by atoms with Gasteiger partial charge in [-0.1, -0.05) is 0 Å². The second-order valence-electron chi connectivity index (χ2n) is 5.23. The molecule has 0 aliphatic carbocycles. The highest BCUT2D eigenvalue weighted by atomic mass is 79.9. The Balaban J connectivity index is 1.55. The average Bonchev–Trinajstić information content (AvgIpc) is 2.74. The fourth-order valence-corrected chi connectivity index (χ4v) is 4.29. The number of hydrogen-bond acceptors (Lipinski definition) is 4. The summed E-state index contributed by atoms with van der Waals surface area (Å²) in [4.78, 5) is 6.73. The second kappa shape index (κ2) is 5.59. The quantitative estimate of drug-likeness (QED) is 0.916. The minimum absolute atomic E-state index is 0.558. The molecule has 0 radical (unpaired) electrons. The van der Waals surface area contributed by atoms with E-state index in [1.54, 1.807) is 0 Å². The molecule has 0 spiro atoms. The molecule has 1 unspecified atom stereocenters. The van der Waals surface area contributed by atoms with Crippen LogP contribution in [0.2, 0.25) is 0 Å². The lowest BCUT2D eigenvalue weighted by atomic mass is 10.1. The molecule has 3 rings (SSSR count). The van der Waals surface area contributed by atoms with E-state index in [1.165, 1.54) is 48.6 Å². The van der Waals surface area contributed by atoms with Crippen LogP contribution in [0.5, 0.6) is 0 Å². The van der Waals surface area contributed by atoms with E-state index >= 15 is 0 Å². The highest BCUT2D eigenvalue weighted by Crippen LogP contribution is 2.30. The number of nitrogens with one attached hydrogen (secondary N) is 1. The van der Waals surface area contributed by atoms with Gasteiger partial charge in [0.1, 0.15) is 0 Å². The summed E-state index contributed by atoms with van der Waals surface area (Å²) in [5.41, 5.74) is 0. The molecular weight excluding hydrogens is 310 g/mol. The van der Waals surface area contributed by atoms with Crippen LogP contribution in [-0.4, -0.2) is 55.1 Å². The fourth-order valence-electron chi connectivity index (χ4n) is 2.75. The molecular formula is C13H20BrN3S. The molecule has 5 heteroatoms. The van der Waals surface area contributed by atoms with E-state index < -0.39 is 0 Å². The molecule has 2 aliphatic heterocycles. The summed E-state index contributed by atoms with van der Waals surface area (Å²) in [5, 5.41) is 5.54. The van der Waals surface area contributed by atoms with Gasteiger partial charge in [0.2, 0.25) is 0 Å². The summed E-state index contributed by atoms with van der Waals surface area (Å²) in [6, 6.07) is 3.62. The number of rotatable bonds is 3. The Morgan fingerprint density at radius 1 is 1.33 bits per heavy atom. The van der Waals surface area contributed by atoms with Gasteiger partial charge in [-0.2, -0.15) is 0 Å². The van der Waals surface area contributed by atoms with Crippen LogP contribution in [-0.2, 0) is 0 Å². The van der Waals surface area contributed by atoms with Crippen molar-refractivity contribution in [2.45, 2.75) is 19.0 Å². The van der Waals surface area contributed by atoms with Crippen molar-refractivity contribution in [3.63, 3.8) is 0 Å². The van der Waals surface area contributed by atoms with Crippen LogP contribution in [0.25, 0.3) is 0 Å². The number of hydrogen-bond donors (Lipinski definition) is 1. The SMILES string of the molecule is CC(c1cc(Br)cs1)N1CCN(C2CNC2)CC1. The van der Waals surface area contributed by atoms with Gasteiger partial charge in [0, 0.05) is 66.1 Å². The molecule has 18 heavy (non-hydrogen) atoms. The molecule has 1 N–H and O–H groups in total. The monoisotopic (exact) mass is 329 g/mol. The van der Waals surface area contributed by atoms with E-state index in [4.69, 9.17) is 0 Å². The van der Waals surface area contributed by atoms with Crippen molar-refractivity contribution in [2.75, 3.05) is 39.3 Å². The Morgan fingerprint density at radius 3 is 2.56 bits per heavy atom. The maximum Gasteiger partial charge on any atom is 0.0414 e. The lowest BCUT2D eigenvalue weighted by molar-refractivity contribution is 0.0559. The number of piperazine rings is 1. The zero-order chi connectivity index (χ0) is 12.5. The maximum atomic E-state index is 3.55. The molecule has 2 aliphatic rings. The number of nitrogens with zero attached hydrogens (tertiary/aromatic N) is 2. The normalized spacial score (nSPS) is 25.0. The van der Waals surface area contributed by atoms with Gasteiger partial charge in [0.15, 0.2) is 0 Å². The Bertz CT molecular complexity index is 397. The van der Waals surface area contributed by atoms with E-state index in [0.717, 1.165) is 6.04 Å². The van der Waals surface area contributed by atoms with Gasteiger partial charge in [0.05, 0.1) is 0 Å². The first kappa shape index (κ1) is 13.1. The maximum absolute atomic E-state index is 3.55. The highest BCUT2D eigenvalue weighted by molar-refractivity contribution is 9.10. The molecule has 100 valence electrons. The molecule has 2 saturated heterocycles. The van der Waals surface area contributed by atoms with Crippen LogP contribution in [0.4, 0.5) is 0 Å². The Hall–Kier alpha value is 0.0600. The average molecular weight is 330 g/mol. The third-order valence-corrected chi connectivity index (χ3v) is 6.04. The van der Waals surface area contributed by atoms with E-state index in [2.05, 4.69) is 49.4 Å². The second-order valence-corrected chi connectivity index (χ2v) is 7.09. The van der Waals surface area contributed by atoms with Gasteiger partial charge in [-0.25, -0.2) is 0 Å². The van der Waals surface area contributed by atoms with Crippen LogP contribution in [0.15, 0.2) is 15.9 Å². The molecule has 3 heterocycles. The number of halogens is 1. The largest absolute Gasteiger partial charge is 0.314 e. The summed E-state index contributed by atoms with van der Waals surface area (Å²) < 4.78 is 1.22. The van der Waals surface area contributed by atoms with Gasteiger partial charge in [-0.15, -0.1) is 11.3 Å². The summed E-state index contributed by atoms with van der Waals surface area (Å²) >= 11 is 5.41. The Morgan fingerprint density at radius 2 is 2.06 bits per heavy atom. The van der Waals surface area contributed by atoms with Crippen molar-refractivity contribution < 1.29 is 0 Å². The van der Waals surface area contributed by atoms with Crippen molar-refractivity contribution in [1.82, 2.24) is 15.1 Å². The third kappa shape index (κ3) is 2.65. The van der Waals surface area contributed by atoms with Crippen LogP contribution >= 0.6 is 27.3 Å². The molecule has 1 aromatic heterocycles. The van der Waals surface area contributed by atoms with Gasteiger partial charge in [-0.05, 0) is 28.9 Å². The van der Waals surface area contributed by atoms with E-state index in [-0.39, 0.29) is 0 Å². The van der Waals surface area contributed by atoms with Crippen molar-refractivity contribution in [3.8, 4) is 0 Å². The summed E-state index contributed by atoms with van der Waals surface area (Å²) in [6.07, 6.45) is 0. The van der Waals surface area contributed by atoms with Crippen LogP contribution < -0.4 is 5.32 Å². The van der Waals surface area contributed by atoms with Crippen LogP contribution in [0, 0.1) is 0 Å². The lowest BCUT2D eigenvalue weighted by Gasteiger charge is -2.44. The molecule has 1 aromatic rings. The van der Waals surface area contributed by atoms with Gasteiger partial charge >= 0.3 is 0 Å². The fraction of sp³-hybridized carbons (Fsp3) is 0.692. The zero-order valence-electron chi connectivity index (χ0n) is 10.7. The van der Waals surface area contributed by atoms with E-state index in [1.807, 2.05) is 11.3 Å². The molecule has 2 fully saturated rings. The molecule has 0 aromatic carbocycles. The van der Waals surface area contributed by atoms with Crippen LogP contribution in [0.1, 0.15) is 17.8 Å². The molecule has 0 bridgehead atoms. The highest BCUT2D eigenvalue weighted by Gasteiger charge is 2.29. The molecule has 3 nitrogen and oxygen atoms in total. The number of thiophene rings is 1. The molecule has 0 amide bonds. The van der Waals surface area contributed by atoms with E-state index in [0.29, 0.717) is 6.04 Å². The van der Waals surface area contributed by atoms with Crippen LogP contribution in [0.3, 0.4) is 0 Å². The predicted molar refractivity (Wildman–Crippen MR) is 80.2 cm³/mol. The third-order valence-electron chi connectivity index (χ3n) is 4.17. The molecule has 1 atom stereocenters. The minimum Gasteiger partial charge on any atom is -0.314 e. The topological polar surface area (TPSA) is 18.5 Å². The smallest absolute Gasteiger partial charge is 0.0414 e. The first-order chi connectivity index (χ1) is 8.74. The Labute approximate surface area is 121 Å². The summed E-state index contributed by atoms with van der Waals surface area (Å²) in [5.74, 6) is 0. The van der Waals surface area contributed by atoms with Crippen molar-refractivity contribution in [1.29, 1.82) is 0 Å². The first-order valence-electron chi connectivity index (χ1n) is 6.67. The first-order valence-corrected chi connectivity index (χ1v) is 8.34. The van der Waals surface area contributed by atoms with E-state index in [9.17, 15) is 0 Å². The predicted octanol–water partition coefficient (Wildman–Crippen LogP) is 2.16. The van der Waals surface area contributed by atoms with Gasteiger partial charge < -0.3 is 5.32 Å². The van der Waals surface area contributed by atoms with Gasteiger partial charge in [0.25, 0.3) is 0 Å². The summed E-state index contributed by atoms with van der Waals surface area (Å²) in [6.45, 7) is 9.56. The van der Waals surface area contributed by atoms with Crippen molar-refractivity contribution in [3.05, 3.63) is 20.8 Å². The Kier molecular flexibility index (Phi) is 4.06. The lowest BCUT2D eigenvalue weighted by Crippen LogP contribution is -2.61. The minimum atomic E-state index is 0.558. The zero-order valence-corrected chi connectivity index (χ0v) is 13.1. The van der Waals surface area contributed by atoms with Crippen molar-refractivity contribution >= 4 is 27.3 Å². The van der Waals surface area contributed by atoms with Gasteiger partial charge in [-0.3, -0.25) is 9.80 Å². The molecule has 0 saturated carbocycles. The van der Waals surface area contributed by atoms with Crippen molar-refractivity contribution in [2.24, 2.45) is 0 Å². The summed E-state index contributed by atoms with van der Waals surface area (Å²) in [7, 11) is 0.